The Kier molecular flexibility index (Phi) is 5.76. The van der Waals surface area contributed by atoms with Crippen LogP contribution >= 0.6 is 12.2 Å². The lowest BCUT2D eigenvalue weighted by Crippen LogP contribution is -2.05. The lowest BCUT2D eigenvalue weighted by molar-refractivity contribution is 0.264. The van der Waals surface area contributed by atoms with Crippen LogP contribution in [0.2, 0.25) is 0 Å². The molecular formula is C13H13NO2S. The van der Waals surface area contributed by atoms with Gasteiger partial charge in [-0.2, -0.15) is 5.26 Å². The second-order valence-electron chi connectivity index (χ2n) is 3.16. The molecule has 0 aliphatic rings. The van der Waals surface area contributed by atoms with E-state index in [0.29, 0.717) is 13.2 Å². The molecule has 0 radical (unpaired) electrons. The molecule has 0 N–H and O–H groups in total. The van der Waals surface area contributed by atoms with Gasteiger partial charge in [0.1, 0.15) is 24.5 Å². The lowest BCUT2D eigenvalue weighted by atomic mass is 10.2. The van der Waals surface area contributed by atoms with Crippen molar-refractivity contribution in [1.29, 1.82) is 5.26 Å². The minimum atomic E-state index is 0.157. The van der Waals surface area contributed by atoms with E-state index in [1.807, 2.05) is 43.3 Å². The first kappa shape index (κ1) is 13.2. The smallest absolute Gasteiger partial charge is 0.205 e. The number of nitrogens with zero attached hydrogens (tertiary/aromatic N) is 1. The zero-order chi connectivity index (χ0) is 12.5. The van der Waals surface area contributed by atoms with Crippen molar-refractivity contribution in [3.05, 3.63) is 47.7 Å². The van der Waals surface area contributed by atoms with Crippen molar-refractivity contribution in [3.63, 3.8) is 0 Å². The summed E-state index contributed by atoms with van der Waals surface area (Å²) in [5.74, 6) is 0. The summed E-state index contributed by atoms with van der Waals surface area (Å²) in [5.41, 5.74) is 1.24. The SMILES string of the molecule is CCOC=C(C#N)C(=S)OCc1ccccc1. The Morgan fingerprint density at radius 1 is 1.41 bits per heavy atom. The van der Waals surface area contributed by atoms with Crippen LogP contribution in [0.5, 0.6) is 0 Å². The molecule has 0 heterocycles. The monoisotopic (exact) mass is 247 g/mol. The highest BCUT2D eigenvalue weighted by Gasteiger charge is 2.06. The van der Waals surface area contributed by atoms with Crippen LogP contribution < -0.4 is 0 Å². The zero-order valence-electron chi connectivity index (χ0n) is 9.55. The molecule has 17 heavy (non-hydrogen) atoms. The van der Waals surface area contributed by atoms with Crippen molar-refractivity contribution in [3.8, 4) is 6.07 Å². The second kappa shape index (κ2) is 7.42. The van der Waals surface area contributed by atoms with Crippen molar-refractivity contribution < 1.29 is 9.47 Å². The van der Waals surface area contributed by atoms with E-state index in [2.05, 4.69) is 0 Å². The van der Waals surface area contributed by atoms with E-state index >= 15 is 0 Å². The molecule has 0 spiro atoms. The van der Waals surface area contributed by atoms with Gasteiger partial charge in [-0.05, 0) is 24.7 Å². The molecule has 1 rings (SSSR count). The fraction of sp³-hybridized carbons (Fsp3) is 0.231. The first-order valence-corrected chi connectivity index (χ1v) is 5.61. The predicted octanol–water partition coefficient (Wildman–Crippen LogP) is 2.97. The molecule has 1 aromatic rings. The summed E-state index contributed by atoms with van der Waals surface area (Å²) in [4.78, 5) is 0. The molecule has 0 saturated carbocycles. The molecule has 0 aromatic heterocycles. The number of hydrogen-bond donors (Lipinski definition) is 0. The van der Waals surface area contributed by atoms with Crippen LogP contribution in [0, 0.1) is 11.3 Å². The van der Waals surface area contributed by atoms with Crippen molar-refractivity contribution in [2.45, 2.75) is 13.5 Å². The van der Waals surface area contributed by atoms with Crippen LogP contribution in [-0.4, -0.2) is 11.7 Å². The molecule has 0 aliphatic carbocycles. The van der Waals surface area contributed by atoms with Gasteiger partial charge in [0, 0.05) is 0 Å². The van der Waals surface area contributed by atoms with Crippen molar-refractivity contribution in [2.75, 3.05) is 6.61 Å². The normalized spacial score (nSPS) is 10.5. The summed E-state index contributed by atoms with van der Waals surface area (Å²) in [7, 11) is 0. The molecule has 88 valence electrons. The summed E-state index contributed by atoms with van der Waals surface area (Å²) < 4.78 is 10.3. The van der Waals surface area contributed by atoms with Crippen molar-refractivity contribution >= 4 is 17.3 Å². The number of hydrogen-bond acceptors (Lipinski definition) is 4. The number of rotatable bonds is 5. The highest BCUT2D eigenvalue weighted by atomic mass is 32.1. The van der Waals surface area contributed by atoms with Crippen LogP contribution in [0.3, 0.4) is 0 Å². The number of benzene rings is 1. The third-order valence-electron chi connectivity index (χ3n) is 1.92. The van der Waals surface area contributed by atoms with Gasteiger partial charge in [-0.1, -0.05) is 30.3 Å². The Bertz CT molecular complexity index is 434. The van der Waals surface area contributed by atoms with Gasteiger partial charge in [-0.3, -0.25) is 0 Å². The molecule has 3 nitrogen and oxygen atoms in total. The minimum absolute atomic E-state index is 0.157. The average Bonchev–Trinajstić information content (AvgIpc) is 2.38. The Hall–Kier alpha value is -1.86. The van der Waals surface area contributed by atoms with Gasteiger partial charge < -0.3 is 9.47 Å². The van der Waals surface area contributed by atoms with Gasteiger partial charge in [0.2, 0.25) is 5.05 Å². The topological polar surface area (TPSA) is 42.2 Å². The van der Waals surface area contributed by atoms with Gasteiger partial charge in [-0.25, -0.2) is 0 Å². The first-order valence-electron chi connectivity index (χ1n) is 5.20. The molecule has 0 unspecified atom stereocenters. The molecule has 0 fully saturated rings. The van der Waals surface area contributed by atoms with E-state index < -0.39 is 0 Å². The van der Waals surface area contributed by atoms with Gasteiger partial charge in [0.25, 0.3) is 0 Å². The Labute approximate surface area is 106 Å². The van der Waals surface area contributed by atoms with E-state index in [9.17, 15) is 0 Å². The largest absolute Gasteiger partial charge is 0.500 e. The average molecular weight is 247 g/mol. The van der Waals surface area contributed by atoms with Crippen LogP contribution in [-0.2, 0) is 16.1 Å². The number of ether oxygens (including phenoxy) is 2. The highest BCUT2D eigenvalue weighted by Crippen LogP contribution is 2.05. The van der Waals surface area contributed by atoms with Gasteiger partial charge in [-0.15, -0.1) is 0 Å². The maximum absolute atomic E-state index is 8.85. The first-order chi connectivity index (χ1) is 8.27. The van der Waals surface area contributed by atoms with E-state index in [0.717, 1.165) is 5.56 Å². The van der Waals surface area contributed by atoms with E-state index in [1.165, 1.54) is 6.26 Å². The maximum atomic E-state index is 8.85. The lowest BCUT2D eigenvalue weighted by Gasteiger charge is -2.06. The van der Waals surface area contributed by atoms with Crippen LogP contribution in [0.4, 0.5) is 0 Å². The molecule has 0 atom stereocenters. The van der Waals surface area contributed by atoms with Crippen molar-refractivity contribution in [1.82, 2.24) is 0 Å². The van der Waals surface area contributed by atoms with Crippen LogP contribution in [0.1, 0.15) is 12.5 Å². The molecule has 1 aromatic carbocycles. The fourth-order valence-corrected chi connectivity index (χ4v) is 1.24. The molecule has 0 saturated heterocycles. The predicted molar refractivity (Wildman–Crippen MR) is 69.2 cm³/mol. The zero-order valence-corrected chi connectivity index (χ0v) is 10.4. The Morgan fingerprint density at radius 3 is 2.71 bits per heavy atom. The molecular weight excluding hydrogens is 234 g/mol. The standard InChI is InChI=1S/C13H13NO2S/c1-2-15-10-12(8-14)13(17)16-9-11-6-4-3-5-7-11/h3-7,10H,2,9H2,1H3. The summed E-state index contributed by atoms with van der Waals surface area (Å²) in [6, 6.07) is 11.6. The quantitative estimate of drug-likeness (QED) is 0.347. The minimum Gasteiger partial charge on any atom is -0.500 e. The summed E-state index contributed by atoms with van der Waals surface area (Å²) in [6.45, 7) is 2.68. The summed E-state index contributed by atoms with van der Waals surface area (Å²) in [5, 5.41) is 9.01. The third kappa shape index (κ3) is 4.66. The maximum Gasteiger partial charge on any atom is 0.205 e. The summed E-state index contributed by atoms with van der Waals surface area (Å²) >= 11 is 4.99. The second-order valence-corrected chi connectivity index (χ2v) is 3.53. The summed E-state index contributed by atoms with van der Waals surface area (Å²) in [6.07, 6.45) is 1.33. The van der Waals surface area contributed by atoms with Gasteiger partial charge in [0.05, 0.1) is 6.61 Å². The van der Waals surface area contributed by atoms with Crippen LogP contribution in [0.25, 0.3) is 0 Å². The molecule has 0 amide bonds. The van der Waals surface area contributed by atoms with Crippen LogP contribution in [0.15, 0.2) is 42.2 Å². The molecule has 0 bridgehead atoms. The number of nitriles is 1. The molecule has 4 heteroatoms. The number of thiocarbonyl (C=S) groups is 1. The third-order valence-corrected chi connectivity index (χ3v) is 2.26. The van der Waals surface area contributed by atoms with Crippen molar-refractivity contribution in [2.24, 2.45) is 0 Å². The van der Waals surface area contributed by atoms with E-state index in [4.69, 9.17) is 27.0 Å². The van der Waals surface area contributed by atoms with E-state index in [-0.39, 0.29) is 10.6 Å². The molecule has 0 aliphatic heterocycles. The van der Waals surface area contributed by atoms with Gasteiger partial charge >= 0.3 is 0 Å². The Balaban J connectivity index is 2.52. The van der Waals surface area contributed by atoms with Gasteiger partial charge in [0.15, 0.2) is 0 Å². The fourth-order valence-electron chi connectivity index (χ4n) is 1.09. The highest BCUT2D eigenvalue weighted by molar-refractivity contribution is 7.80. The van der Waals surface area contributed by atoms with E-state index in [1.54, 1.807) is 0 Å². The Morgan fingerprint density at radius 2 is 2.12 bits per heavy atom.